The fraction of sp³-hybridized carbons (Fsp3) is 0.536. The molecule has 1 aromatic carbocycles. The molecule has 1 saturated heterocycles. The summed E-state index contributed by atoms with van der Waals surface area (Å²) in [5.74, 6) is -2.22. The second kappa shape index (κ2) is 11.2. The third-order valence-electron chi connectivity index (χ3n) is 7.97. The summed E-state index contributed by atoms with van der Waals surface area (Å²) >= 11 is 6.29. The first kappa shape index (κ1) is 29.0. The SMILES string of the molecule is COc1cccc(C(C(=O)N(C)CC2CC3(CCN(c4ccc(C(=O)N(C)C)c(Cl)n4)CC3)C2)C(F)(F)F)c1. The van der Waals surface area contributed by atoms with Gasteiger partial charge in [0, 0.05) is 40.8 Å². The predicted octanol–water partition coefficient (Wildman–Crippen LogP) is 5.25. The van der Waals surface area contributed by atoms with Gasteiger partial charge in [-0.1, -0.05) is 23.7 Å². The third-order valence-corrected chi connectivity index (χ3v) is 8.26. The number of piperidine rings is 1. The highest BCUT2D eigenvalue weighted by Crippen LogP contribution is 2.53. The quantitative estimate of drug-likeness (QED) is 0.429. The zero-order valence-electron chi connectivity index (χ0n) is 22.6. The lowest BCUT2D eigenvalue weighted by Crippen LogP contribution is -2.50. The molecule has 11 heteroatoms. The number of hydrogen-bond acceptors (Lipinski definition) is 5. The van der Waals surface area contributed by atoms with Crippen LogP contribution in [0.15, 0.2) is 36.4 Å². The van der Waals surface area contributed by atoms with Crippen molar-refractivity contribution in [3.8, 4) is 5.75 Å². The number of alkyl halides is 3. The highest BCUT2D eigenvalue weighted by atomic mass is 35.5. The summed E-state index contributed by atoms with van der Waals surface area (Å²) < 4.78 is 46.9. The zero-order valence-corrected chi connectivity index (χ0v) is 23.3. The van der Waals surface area contributed by atoms with Crippen LogP contribution in [0.2, 0.25) is 5.15 Å². The van der Waals surface area contributed by atoms with E-state index in [0.717, 1.165) is 44.6 Å². The van der Waals surface area contributed by atoms with E-state index in [1.165, 1.54) is 42.2 Å². The molecule has 7 nitrogen and oxygen atoms in total. The van der Waals surface area contributed by atoms with Gasteiger partial charge in [-0.3, -0.25) is 9.59 Å². The molecule has 2 aliphatic rings. The van der Waals surface area contributed by atoms with Crippen LogP contribution >= 0.6 is 11.6 Å². The Morgan fingerprint density at radius 3 is 2.38 bits per heavy atom. The molecule has 1 aliphatic heterocycles. The minimum absolute atomic E-state index is 0.121. The maximum absolute atomic E-state index is 13.9. The summed E-state index contributed by atoms with van der Waals surface area (Å²) in [6.45, 7) is 1.84. The van der Waals surface area contributed by atoms with Crippen molar-refractivity contribution in [2.75, 3.05) is 52.8 Å². The first-order valence-electron chi connectivity index (χ1n) is 12.9. The van der Waals surface area contributed by atoms with E-state index in [2.05, 4.69) is 9.88 Å². The van der Waals surface area contributed by atoms with Gasteiger partial charge in [-0.05, 0) is 66.8 Å². The summed E-state index contributed by atoms with van der Waals surface area (Å²) in [6, 6.07) is 9.10. The van der Waals surface area contributed by atoms with E-state index in [0.29, 0.717) is 12.1 Å². The lowest BCUT2D eigenvalue weighted by Gasteiger charge is -2.53. The van der Waals surface area contributed by atoms with Crippen molar-refractivity contribution < 1.29 is 27.5 Å². The van der Waals surface area contributed by atoms with Gasteiger partial charge in [0.15, 0.2) is 5.92 Å². The Bertz CT molecular complexity index is 1210. The summed E-state index contributed by atoms with van der Waals surface area (Å²) in [7, 11) is 6.15. The number of benzene rings is 1. The molecule has 2 heterocycles. The molecule has 212 valence electrons. The number of likely N-dealkylation sites (N-methyl/N-ethyl adjacent to an activating group) is 1. The van der Waals surface area contributed by atoms with Crippen molar-refractivity contribution in [1.82, 2.24) is 14.8 Å². The molecule has 39 heavy (non-hydrogen) atoms. The molecule has 0 N–H and O–H groups in total. The maximum Gasteiger partial charge on any atom is 0.404 e. The molecule has 0 bridgehead atoms. The number of methoxy groups -OCH3 is 1. The van der Waals surface area contributed by atoms with Gasteiger partial charge in [0.25, 0.3) is 5.91 Å². The summed E-state index contributed by atoms with van der Waals surface area (Å²) in [5, 5.41) is 0.175. The van der Waals surface area contributed by atoms with Gasteiger partial charge < -0.3 is 19.4 Å². The highest BCUT2D eigenvalue weighted by molar-refractivity contribution is 6.32. The highest BCUT2D eigenvalue weighted by Gasteiger charge is 2.49. The molecule has 2 fully saturated rings. The maximum atomic E-state index is 13.9. The van der Waals surface area contributed by atoms with Gasteiger partial charge in [0.05, 0.1) is 12.7 Å². The Labute approximate surface area is 231 Å². The summed E-state index contributed by atoms with van der Waals surface area (Å²) in [5.41, 5.74) is 0.369. The van der Waals surface area contributed by atoms with Crippen molar-refractivity contribution in [3.63, 3.8) is 0 Å². The number of rotatable bonds is 7. The molecule has 1 saturated carbocycles. The number of pyridine rings is 1. The molecule has 2 amide bonds. The van der Waals surface area contributed by atoms with Gasteiger partial charge in [0.1, 0.15) is 16.7 Å². The van der Waals surface area contributed by atoms with Crippen LogP contribution in [-0.4, -0.2) is 80.7 Å². The van der Waals surface area contributed by atoms with Crippen LogP contribution in [0, 0.1) is 11.3 Å². The van der Waals surface area contributed by atoms with E-state index in [1.807, 2.05) is 6.07 Å². The van der Waals surface area contributed by atoms with Crippen molar-refractivity contribution >= 4 is 29.2 Å². The largest absolute Gasteiger partial charge is 0.497 e. The molecule has 1 unspecified atom stereocenters. The standard InChI is InChI=1S/C28H34ClF3N4O3/c1-34(2)25(37)21-8-9-22(33-24(21)29)36-12-10-27(11-13-36)15-18(16-27)17-35(3)26(38)23(28(30,31)32)19-6-5-7-20(14-19)39-4/h5-9,14,18,23H,10-13,15-17H2,1-4H3. The van der Waals surface area contributed by atoms with Crippen LogP contribution in [0.25, 0.3) is 0 Å². The van der Waals surface area contributed by atoms with E-state index >= 15 is 0 Å². The number of nitrogens with zero attached hydrogens (tertiary/aromatic N) is 4. The van der Waals surface area contributed by atoms with Gasteiger partial charge >= 0.3 is 6.18 Å². The number of amides is 2. The van der Waals surface area contributed by atoms with Crippen LogP contribution < -0.4 is 9.64 Å². The number of hydrogen-bond donors (Lipinski definition) is 0. The van der Waals surface area contributed by atoms with E-state index in [4.69, 9.17) is 16.3 Å². The molecule has 1 aromatic heterocycles. The van der Waals surface area contributed by atoms with E-state index < -0.39 is 18.0 Å². The van der Waals surface area contributed by atoms with Gasteiger partial charge in [-0.15, -0.1) is 0 Å². The van der Waals surface area contributed by atoms with Crippen molar-refractivity contribution in [2.24, 2.45) is 11.3 Å². The third kappa shape index (κ3) is 6.26. The van der Waals surface area contributed by atoms with Gasteiger partial charge in [-0.2, -0.15) is 13.2 Å². The Kier molecular flexibility index (Phi) is 8.35. The van der Waals surface area contributed by atoms with Gasteiger partial charge in [-0.25, -0.2) is 4.98 Å². The van der Waals surface area contributed by atoms with Crippen molar-refractivity contribution in [2.45, 2.75) is 37.8 Å². The van der Waals surface area contributed by atoms with Crippen LogP contribution in [-0.2, 0) is 4.79 Å². The Morgan fingerprint density at radius 2 is 1.82 bits per heavy atom. The lowest BCUT2D eigenvalue weighted by atomic mass is 9.57. The number of halogens is 4. The zero-order chi connectivity index (χ0) is 28.5. The fourth-order valence-corrected chi connectivity index (χ4v) is 6.13. The summed E-state index contributed by atoms with van der Waals surface area (Å²) in [6.07, 6.45) is -1.11. The van der Waals surface area contributed by atoms with E-state index in [-0.39, 0.29) is 33.7 Å². The second-order valence-electron chi connectivity index (χ2n) is 10.9. The molecule has 4 rings (SSSR count). The second-order valence-corrected chi connectivity index (χ2v) is 11.3. The first-order chi connectivity index (χ1) is 18.3. The molecular weight excluding hydrogens is 533 g/mol. The molecular formula is C28H34ClF3N4O3. The summed E-state index contributed by atoms with van der Waals surface area (Å²) in [4.78, 5) is 34.5. The smallest absolute Gasteiger partial charge is 0.404 e. The molecule has 1 spiro atoms. The van der Waals surface area contributed by atoms with Crippen LogP contribution in [0.1, 0.15) is 47.5 Å². The minimum atomic E-state index is -4.71. The topological polar surface area (TPSA) is 66.0 Å². The molecule has 1 aliphatic carbocycles. The lowest BCUT2D eigenvalue weighted by molar-refractivity contribution is -0.172. The van der Waals surface area contributed by atoms with Crippen LogP contribution in [0.4, 0.5) is 19.0 Å². The molecule has 1 atom stereocenters. The monoisotopic (exact) mass is 566 g/mol. The first-order valence-corrected chi connectivity index (χ1v) is 13.3. The molecule has 0 radical (unpaired) electrons. The number of anilines is 1. The van der Waals surface area contributed by atoms with Crippen molar-refractivity contribution in [3.05, 3.63) is 52.7 Å². The Morgan fingerprint density at radius 1 is 1.15 bits per heavy atom. The average molecular weight is 567 g/mol. The van der Waals surface area contributed by atoms with E-state index in [9.17, 15) is 22.8 Å². The number of ether oxygens (including phenoxy) is 1. The number of aromatic nitrogens is 1. The average Bonchev–Trinajstić information content (AvgIpc) is 2.87. The van der Waals surface area contributed by atoms with Crippen molar-refractivity contribution in [1.29, 1.82) is 0 Å². The van der Waals surface area contributed by atoms with Crippen LogP contribution in [0.3, 0.4) is 0 Å². The predicted molar refractivity (Wildman–Crippen MR) is 143 cm³/mol. The van der Waals surface area contributed by atoms with Gasteiger partial charge in [0.2, 0.25) is 5.91 Å². The Balaban J connectivity index is 1.32. The Hall–Kier alpha value is -3.01. The normalized spacial score (nSPS) is 17.9. The fourth-order valence-electron chi connectivity index (χ4n) is 5.90. The van der Waals surface area contributed by atoms with E-state index in [1.54, 1.807) is 26.2 Å². The van der Waals surface area contributed by atoms with Crippen LogP contribution in [0.5, 0.6) is 5.75 Å². The minimum Gasteiger partial charge on any atom is -0.497 e. The molecule has 2 aromatic rings. The number of carbonyl (C=O) groups excluding carboxylic acids is 2. The number of carbonyl (C=O) groups is 2.